The second-order valence-electron chi connectivity index (χ2n) is 4.40. The van der Waals surface area contributed by atoms with Crippen molar-refractivity contribution < 1.29 is 17.9 Å². The van der Waals surface area contributed by atoms with Crippen molar-refractivity contribution >= 4 is 22.1 Å². The number of hydrogen-bond acceptors (Lipinski definition) is 4. The number of esters is 1. The Morgan fingerprint density at radius 1 is 1.24 bits per heavy atom. The van der Waals surface area contributed by atoms with Crippen LogP contribution in [0.4, 0.5) is 0 Å². The zero-order valence-corrected chi connectivity index (χ0v) is 13.2. The first-order valence-electron chi connectivity index (χ1n) is 6.88. The Bertz CT molecular complexity index is 567. The van der Waals surface area contributed by atoms with Gasteiger partial charge in [0.1, 0.15) is 6.54 Å². The van der Waals surface area contributed by atoms with Crippen LogP contribution in [-0.4, -0.2) is 38.4 Å². The normalized spacial score (nSPS) is 12.0. The smallest absolute Gasteiger partial charge is 0.321 e. The summed E-state index contributed by atoms with van der Waals surface area (Å²) >= 11 is 0. The standard InChI is InChI=1S/C15H21NO4S/c1-3-11-16(13-15(17)20-4-2)21(18,19)12-10-14-8-6-5-7-9-14/h5-10,12H,3-4,11,13H2,1-2H3/b12-10+. The summed E-state index contributed by atoms with van der Waals surface area (Å²) in [5.41, 5.74) is 0.786. The molecule has 0 saturated carbocycles. The third-order valence-corrected chi connectivity index (χ3v) is 4.19. The molecule has 0 unspecified atom stereocenters. The number of rotatable bonds is 8. The van der Waals surface area contributed by atoms with Crippen LogP contribution in [0.5, 0.6) is 0 Å². The SMILES string of the molecule is CCCN(CC(=O)OCC)S(=O)(=O)/C=C/c1ccccc1. The molecule has 116 valence electrons. The van der Waals surface area contributed by atoms with Crippen molar-refractivity contribution in [1.82, 2.24) is 4.31 Å². The summed E-state index contributed by atoms with van der Waals surface area (Å²) in [4.78, 5) is 11.5. The Morgan fingerprint density at radius 2 is 1.90 bits per heavy atom. The van der Waals surface area contributed by atoms with E-state index in [4.69, 9.17) is 4.74 Å². The molecule has 21 heavy (non-hydrogen) atoms. The van der Waals surface area contributed by atoms with Gasteiger partial charge in [0.05, 0.1) is 6.61 Å². The average Bonchev–Trinajstić information content (AvgIpc) is 2.46. The number of nitrogens with zero attached hydrogens (tertiary/aromatic N) is 1. The van der Waals surface area contributed by atoms with Crippen LogP contribution < -0.4 is 0 Å². The maximum atomic E-state index is 12.3. The lowest BCUT2D eigenvalue weighted by Gasteiger charge is -2.18. The van der Waals surface area contributed by atoms with Gasteiger partial charge in [-0.15, -0.1) is 0 Å². The first kappa shape index (κ1) is 17.4. The lowest BCUT2D eigenvalue weighted by molar-refractivity contribution is -0.143. The Kier molecular flexibility index (Phi) is 7.11. The van der Waals surface area contributed by atoms with Gasteiger partial charge in [0.2, 0.25) is 10.0 Å². The molecule has 0 aliphatic heterocycles. The van der Waals surface area contributed by atoms with Crippen LogP contribution in [-0.2, 0) is 19.6 Å². The van der Waals surface area contributed by atoms with Gasteiger partial charge in [-0.25, -0.2) is 8.42 Å². The minimum absolute atomic E-state index is 0.235. The summed E-state index contributed by atoms with van der Waals surface area (Å²) in [5.74, 6) is -0.539. The van der Waals surface area contributed by atoms with E-state index in [0.29, 0.717) is 6.42 Å². The van der Waals surface area contributed by atoms with Crippen molar-refractivity contribution in [3.63, 3.8) is 0 Å². The summed E-state index contributed by atoms with van der Waals surface area (Å²) in [6.07, 6.45) is 2.14. The predicted molar refractivity (Wildman–Crippen MR) is 82.9 cm³/mol. The summed E-state index contributed by atoms with van der Waals surface area (Å²) in [7, 11) is -3.64. The van der Waals surface area contributed by atoms with Crippen molar-refractivity contribution in [3.8, 4) is 0 Å². The molecule has 1 aromatic rings. The van der Waals surface area contributed by atoms with E-state index in [2.05, 4.69) is 0 Å². The number of benzene rings is 1. The van der Waals surface area contributed by atoms with Crippen LogP contribution in [0.15, 0.2) is 35.7 Å². The molecule has 0 aliphatic rings. The predicted octanol–water partition coefficient (Wildman–Crippen LogP) is 2.26. The lowest BCUT2D eigenvalue weighted by atomic mass is 10.2. The van der Waals surface area contributed by atoms with E-state index >= 15 is 0 Å². The Morgan fingerprint density at radius 3 is 2.48 bits per heavy atom. The summed E-state index contributed by atoms with van der Waals surface area (Å²) in [5, 5.41) is 1.12. The monoisotopic (exact) mass is 311 g/mol. The number of ether oxygens (including phenoxy) is 1. The van der Waals surface area contributed by atoms with Gasteiger partial charge in [-0.05, 0) is 25.0 Å². The molecule has 0 bridgehead atoms. The topological polar surface area (TPSA) is 63.7 Å². The van der Waals surface area contributed by atoms with E-state index < -0.39 is 16.0 Å². The highest BCUT2D eigenvalue weighted by atomic mass is 32.2. The van der Waals surface area contributed by atoms with Gasteiger partial charge < -0.3 is 4.74 Å². The highest BCUT2D eigenvalue weighted by molar-refractivity contribution is 7.92. The van der Waals surface area contributed by atoms with E-state index in [1.165, 1.54) is 6.08 Å². The van der Waals surface area contributed by atoms with Gasteiger partial charge >= 0.3 is 5.97 Å². The van der Waals surface area contributed by atoms with Crippen LogP contribution in [0.1, 0.15) is 25.8 Å². The summed E-state index contributed by atoms with van der Waals surface area (Å²) < 4.78 is 30.5. The lowest BCUT2D eigenvalue weighted by Crippen LogP contribution is -2.35. The van der Waals surface area contributed by atoms with E-state index in [1.807, 2.05) is 37.3 Å². The minimum Gasteiger partial charge on any atom is -0.465 e. The largest absolute Gasteiger partial charge is 0.465 e. The molecule has 1 aromatic carbocycles. The molecule has 0 aromatic heterocycles. The molecule has 0 fully saturated rings. The van der Waals surface area contributed by atoms with Gasteiger partial charge in [0, 0.05) is 12.0 Å². The Labute approximate surface area is 126 Å². The molecule has 0 saturated heterocycles. The molecule has 0 amide bonds. The highest BCUT2D eigenvalue weighted by Gasteiger charge is 2.21. The van der Waals surface area contributed by atoms with Gasteiger partial charge in [0.25, 0.3) is 0 Å². The summed E-state index contributed by atoms with van der Waals surface area (Å²) in [6.45, 7) is 3.79. The fourth-order valence-electron chi connectivity index (χ4n) is 1.71. The van der Waals surface area contributed by atoms with Gasteiger partial charge in [0.15, 0.2) is 0 Å². The molecule has 0 N–H and O–H groups in total. The Balaban J connectivity index is 2.84. The van der Waals surface area contributed by atoms with Gasteiger partial charge in [-0.2, -0.15) is 4.31 Å². The van der Waals surface area contributed by atoms with Crippen molar-refractivity contribution in [2.24, 2.45) is 0 Å². The molecule has 0 aliphatic carbocycles. The minimum atomic E-state index is -3.64. The third-order valence-electron chi connectivity index (χ3n) is 2.68. The number of hydrogen-bond donors (Lipinski definition) is 0. The van der Waals surface area contributed by atoms with Gasteiger partial charge in [-0.1, -0.05) is 37.3 Å². The number of carbonyl (C=O) groups excluding carboxylic acids is 1. The molecule has 6 heteroatoms. The molecular weight excluding hydrogens is 290 g/mol. The second-order valence-corrected chi connectivity index (χ2v) is 6.22. The van der Waals surface area contributed by atoms with Crippen molar-refractivity contribution in [1.29, 1.82) is 0 Å². The molecule has 0 heterocycles. The van der Waals surface area contributed by atoms with Gasteiger partial charge in [-0.3, -0.25) is 4.79 Å². The number of carbonyl (C=O) groups is 1. The van der Waals surface area contributed by atoms with Crippen molar-refractivity contribution in [2.45, 2.75) is 20.3 Å². The molecule has 0 radical (unpaired) electrons. The molecular formula is C15H21NO4S. The zero-order valence-electron chi connectivity index (χ0n) is 12.4. The van der Waals surface area contributed by atoms with E-state index in [9.17, 15) is 13.2 Å². The zero-order chi connectivity index (χ0) is 15.7. The van der Waals surface area contributed by atoms with Crippen molar-refractivity contribution in [3.05, 3.63) is 41.3 Å². The fraction of sp³-hybridized carbons (Fsp3) is 0.400. The van der Waals surface area contributed by atoms with Crippen LogP contribution in [0.2, 0.25) is 0 Å². The van der Waals surface area contributed by atoms with Crippen molar-refractivity contribution in [2.75, 3.05) is 19.7 Å². The highest BCUT2D eigenvalue weighted by Crippen LogP contribution is 2.09. The van der Waals surface area contributed by atoms with E-state index in [1.54, 1.807) is 6.92 Å². The fourth-order valence-corrected chi connectivity index (χ4v) is 2.93. The second kappa shape index (κ2) is 8.59. The van der Waals surface area contributed by atoms with Crippen LogP contribution >= 0.6 is 0 Å². The average molecular weight is 311 g/mol. The van der Waals surface area contributed by atoms with E-state index in [-0.39, 0.29) is 19.7 Å². The molecule has 5 nitrogen and oxygen atoms in total. The molecule has 0 atom stereocenters. The summed E-state index contributed by atoms with van der Waals surface area (Å²) in [6, 6.07) is 9.13. The Hall–Kier alpha value is -1.66. The maximum Gasteiger partial charge on any atom is 0.321 e. The van der Waals surface area contributed by atoms with E-state index in [0.717, 1.165) is 15.3 Å². The molecule has 1 rings (SSSR count). The molecule has 0 spiro atoms. The maximum absolute atomic E-state index is 12.3. The first-order valence-corrected chi connectivity index (χ1v) is 8.38. The van der Waals surface area contributed by atoms with Crippen LogP contribution in [0, 0.1) is 0 Å². The van der Waals surface area contributed by atoms with Crippen LogP contribution in [0.25, 0.3) is 6.08 Å². The third kappa shape index (κ3) is 6.10. The number of sulfonamides is 1. The quantitative estimate of drug-likeness (QED) is 0.691. The van der Waals surface area contributed by atoms with Crippen LogP contribution in [0.3, 0.4) is 0 Å². The first-order chi connectivity index (χ1) is 9.99.